The first-order valence-electron chi connectivity index (χ1n) is 5.06. The summed E-state index contributed by atoms with van der Waals surface area (Å²) >= 11 is 0. The van der Waals surface area contributed by atoms with E-state index in [0.717, 1.165) is 12.1 Å². The Labute approximate surface area is 91.6 Å². The van der Waals surface area contributed by atoms with Gasteiger partial charge in [-0.25, -0.2) is 13.2 Å². The smallest absolute Gasteiger partial charge is 0.194 e. The molecule has 16 heavy (non-hydrogen) atoms. The third-order valence-corrected chi connectivity index (χ3v) is 3.06. The number of hydrogen-bond acceptors (Lipinski definition) is 2. The van der Waals surface area contributed by atoms with Crippen LogP contribution >= 0.6 is 0 Å². The molecule has 1 aliphatic rings. The Kier molecular flexibility index (Phi) is 2.67. The van der Waals surface area contributed by atoms with Gasteiger partial charge in [-0.2, -0.15) is 0 Å². The lowest BCUT2D eigenvalue weighted by Gasteiger charge is -2.26. The third-order valence-electron chi connectivity index (χ3n) is 3.06. The first-order chi connectivity index (χ1) is 7.42. The molecule has 0 aromatic heterocycles. The van der Waals surface area contributed by atoms with Crippen LogP contribution < -0.4 is 11.1 Å². The van der Waals surface area contributed by atoms with Gasteiger partial charge < -0.3 is 11.1 Å². The van der Waals surface area contributed by atoms with Gasteiger partial charge in [0, 0.05) is 24.5 Å². The molecule has 1 aromatic carbocycles. The van der Waals surface area contributed by atoms with Crippen LogP contribution in [0.1, 0.15) is 18.4 Å². The van der Waals surface area contributed by atoms with Crippen LogP contribution in [-0.2, 0) is 0 Å². The molecule has 1 aliphatic heterocycles. The molecule has 0 aliphatic carbocycles. The van der Waals surface area contributed by atoms with Crippen LogP contribution in [0.15, 0.2) is 12.1 Å². The summed E-state index contributed by atoms with van der Waals surface area (Å²) in [6.45, 7) is 2.91. The SMILES string of the molecule is C[C@@]1(N)CNC[C@H]1c1cc(F)c(F)c(F)c1. The van der Waals surface area contributed by atoms with E-state index in [0.29, 0.717) is 18.7 Å². The standard InChI is InChI=1S/C11H13F3N2/c1-11(15)5-16-4-7(11)6-2-8(12)10(14)9(13)3-6/h2-3,7,16H,4-5,15H2,1H3/t7-,11+/m0/s1. The Morgan fingerprint density at radius 1 is 1.31 bits per heavy atom. The Bertz CT molecular complexity index is 395. The molecule has 88 valence electrons. The van der Waals surface area contributed by atoms with E-state index in [2.05, 4.69) is 5.32 Å². The van der Waals surface area contributed by atoms with Crippen molar-refractivity contribution in [3.05, 3.63) is 35.1 Å². The lowest BCUT2D eigenvalue weighted by Crippen LogP contribution is -2.43. The summed E-state index contributed by atoms with van der Waals surface area (Å²) in [4.78, 5) is 0. The number of nitrogens with two attached hydrogens (primary N) is 1. The van der Waals surface area contributed by atoms with Gasteiger partial charge in [0.15, 0.2) is 17.5 Å². The van der Waals surface area contributed by atoms with E-state index in [1.807, 2.05) is 0 Å². The van der Waals surface area contributed by atoms with Crippen LogP contribution in [-0.4, -0.2) is 18.6 Å². The van der Waals surface area contributed by atoms with E-state index in [1.54, 1.807) is 6.92 Å². The van der Waals surface area contributed by atoms with Crippen LogP contribution in [0.5, 0.6) is 0 Å². The molecule has 0 amide bonds. The van der Waals surface area contributed by atoms with Crippen molar-refractivity contribution in [2.75, 3.05) is 13.1 Å². The van der Waals surface area contributed by atoms with E-state index in [1.165, 1.54) is 0 Å². The van der Waals surface area contributed by atoms with E-state index in [4.69, 9.17) is 5.73 Å². The van der Waals surface area contributed by atoms with Crippen LogP contribution in [0.3, 0.4) is 0 Å². The average molecular weight is 230 g/mol. The Balaban J connectivity index is 2.41. The highest BCUT2D eigenvalue weighted by molar-refractivity contribution is 5.28. The van der Waals surface area contributed by atoms with E-state index >= 15 is 0 Å². The largest absolute Gasteiger partial charge is 0.324 e. The Morgan fingerprint density at radius 2 is 1.88 bits per heavy atom. The maximum absolute atomic E-state index is 13.1. The van der Waals surface area contributed by atoms with Gasteiger partial charge in [-0.15, -0.1) is 0 Å². The third kappa shape index (κ3) is 1.81. The second kappa shape index (κ2) is 3.75. The van der Waals surface area contributed by atoms with Gasteiger partial charge in [-0.1, -0.05) is 0 Å². The summed E-state index contributed by atoms with van der Waals surface area (Å²) in [7, 11) is 0. The molecule has 0 saturated carbocycles. The highest BCUT2D eigenvalue weighted by Gasteiger charge is 2.36. The molecule has 1 saturated heterocycles. The van der Waals surface area contributed by atoms with Crippen molar-refractivity contribution in [1.29, 1.82) is 0 Å². The van der Waals surface area contributed by atoms with Gasteiger partial charge in [0.25, 0.3) is 0 Å². The van der Waals surface area contributed by atoms with Crippen molar-refractivity contribution in [3.63, 3.8) is 0 Å². The summed E-state index contributed by atoms with van der Waals surface area (Å²) < 4.78 is 38.9. The first kappa shape index (κ1) is 11.4. The Hall–Kier alpha value is -1.07. The molecule has 0 spiro atoms. The summed E-state index contributed by atoms with van der Waals surface area (Å²) in [5.41, 5.74) is 5.81. The van der Waals surface area contributed by atoms with Gasteiger partial charge in [0.05, 0.1) is 0 Å². The molecule has 3 N–H and O–H groups in total. The van der Waals surface area contributed by atoms with Gasteiger partial charge in [0.1, 0.15) is 0 Å². The van der Waals surface area contributed by atoms with Crippen molar-refractivity contribution >= 4 is 0 Å². The molecule has 2 atom stereocenters. The highest BCUT2D eigenvalue weighted by atomic mass is 19.2. The fourth-order valence-corrected chi connectivity index (χ4v) is 2.12. The topological polar surface area (TPSA) is 38.0 Å². The van der Waals surface area contributed by atoms with Gasteiger partial charge in [-0.3, -0.25) is 0 Å². The molecule has 1 fully saturated rings. The zero-order chi connectivity index (χ0) is 11.9. The predicted octanol–water partition coefficient (Wildman–Crippen LogP) is 1.51. The number of hydrogen-bond donors (Lipinski definition) is 2. The average Bonchev–Trinajstić information content (AvgIpc) is 2.53. The lowest BCUT2D eigenvalue weighted by atomic mass is 9.84. The predicted molar refractivity (Wildman–Crippen MR) is 54.5 cm³/mol. The number of rotatable bonds is 1. The fourth-order valence-electron chi connectivity index (χ4n) is 2.12. The molecular formula is C11H13F3N2. The van der Waals surface area contributed by atoms with E-state index in [9.17, 15) is 13.2 Å². The zero-order valence-electron chi connectivity index (χ0n) is 8.86. The van der Waals surface area contributed by atoms with Crippen LogP contribution in [0, 0.1) is 17.5 Å². The summed E-state index contributed by atoms with van der Waals surface area (Å²) in [5, 5.41) is 3.05. The molecule has 0 radical (unpaired) electrons. The fraction of sp³-hybridized carbons (Fsp3) is 0.455. The normalized spacial score (nSPS) is 29.7. The minimum Gasteiger partial charge on any atom is -0.324 e. The van der Waals surface area contributed by atoms with E-state index in [-0.39, 0.29) is 5.92 Å². The van der Waals surface area contributed by atoms with Crippen molar-refractivity contribution in [2.24, 2.45) is 5.73 Å². The van der Waals surface area contributed by atoms with Gasteiger partial charge in [0.2, 0.25) is 0 Å². The molecular weight excluding hydrogens is 217 g/mol. The van der Waals surface area contributed by atoms with E-state index < -0.39 is 23.0 Å². The summed E-state index contributed by atoms with van der Waals surface area (Å²) in [5.74, 6) is -3.99. The van der Waals surface area contributed by atoms with Crippen molar-refractivity contribution in [2.45, 2.75) is 18.4 Å². The van der Waals surface area contributed by atoms with Crippen LogP contribution in [0.25, 0.3) is 0 Å². The zero-order valence-corrected chi connectivity index (χ0v) is 8.86. The maximum Gasteiger partial charge on any atom is 0.194 e. The monoisotopic (exact) mass is 230 g/mol. The van der Waals surface area contributed by atoms with Crippen molar-refractivity contribution < 1.29 is 13.2 Å². The second-order valence-electron chi connectivity index (χ2n) is 4.49. The minimum atomic E-state index is -1.44. The molecule has 0 bridgehead atoms. The molecule has 2 rings (SSSR count). The Morgan fingerprint density at radius 3 is 2.31 bits per heavy atom. The molecule has 0 unspecified atom stereocenters. The second-order valence-corrected chi connectivity index (χ2v) is 4.49. The molecule has 2 nitrogen and oxygen atoms in total. The molecule has 5 heteroatoms. The number of nitrogens with one attached hydrogen (secondary N) is 1. The summed E-state index contributed by atoms with van der Waals surface area (Å²) in [6.07, 6.45) is 0. The van der Waals surface area contributed by atoms with Crippen molar-refractivity contribution in [1.82, 2.24) is 5.32 Å². The molecule has 1 aromatic rings. The molecule has 1 heterocycles. The quantitative estimate of drug-likeness (QED) is 0.718. The summed E-state index contributed by atoms with van der Waals surface area (Å²) in [6, 6.07) is 2.03. The van der Waals surface area contributed by atoms with Crippen molar-refractivity contribution in [3.8, 4) is 0 Å². The minimum absolute atomic E-state index is 0.211. The number of benzene rings is 1. The lowest BCUT2D eigenvalue weighted by molar-refractivity contribution is 0.430. The maximum atomic E-state index is 13.1. The van der Waals surface area contributed by atoms with Gasteiger partial charge >= 0.3 is 0 Å². The van der Waals surface area contributed by atoms with Crippen LogP contribution in [0.2, 0.25) is 0 Å². The van der Waals surface area contributed by atoms with Gasteiger partial charge in [-0.05, 0) is 24.6 Å². The number of halogens is 3. The van der Waals surface area contributed by atoms with Crippen LogP contribution in [0.4, 0.5) is 13.2 Å². The highest BCUT2D eigenvalue weighted by Crippen LogP contribution is 2.31. The first-order valence-corrected chi connectivity index (χ1v) is 5.06.